The van der Waals surface area contributed by atoms with Gasteiger partial charge in [-0.2, -0.15) is 0 Å². The van der Waals surface area contributed by atoms with Gasteiger partial charge in [-0.25, -0.2) is 9.97 Å². The third-order valence-corrected chi connectivity index (χ3v) is 6.39. The SMILES string of the molecule is CC(C)CSc1ccc2[nH]c(S(=O)Cc3ccccc3N(C)C)nc2n1. The van der Waals surface area contributed by atoms with Crippen molar-refractivity contribution in [1.29, 1.82) is 0 Å². The van der Waals surface area contributed by atoms with Gasteiger partial charge in [0.2, 0.25) is 0 Å². The second kappa shape index (κ2) is 8.22. The van der Waals surface area contributed by atoms with Crippen molar-refractivity contribution in [3.8, 4) is 0 Å². The lowest BCUT2D eigenvalue weighted by molar-refractivity contribution is 0.677. The highest BCUT2D eigenvalue weighted by molar-refractivity contribution is 7.99. The van der Waals surface area contributed by atoms with Crippen LogP contribution in [0.3, 0.4) is 0 Å². The Labute approximate surface area is 161 Å². The number of para-hydroxylation sites is 1. The summed E-state index contributed by atoms with van der Waals surface area (Å²) >= 11 is 1.72. The van der Waals surface area contributed by atoms with Gasteiger partial charge in [-0.3, -0.25) is 4.21 Å². The van der Waals surface area contributed by atoms with Gasteiger partial charge in [0.05, 0.1) is 27.1 Å². The fourth-order valence-corrected chi connectivity index (χ4v) is 4.47. The first kappa shape index (κ1) is 18.9. The molecule has 0 aliphatic carbocycles. The summed E-state index contributed by atoms with van der Waals surface area (Å²) in [6, 6.07) is 12.0. The third kappa shape index (κ3) is 4.45. The molecule has 0 radical (unpaired) electrons. The zero-order chi connectivity index (χ0) is 18.7. The first-order valence-corrected chi connectivity index (χ1v) is 10.9. The van der Waals surface area contributed by atoms with E-state index in [2.05, 4.69) is 28.8 Å². The first-order chi connectivity index (χ1) is 12.4. The number of thioether (sulfide) groups is 1. The minimum atomic E-state index is -1.25. The van der Waals surface area contributed by atoms with Crippen LogP contribution in [0, 0.1) is 5.92 Å². The molecule has 0 aliphatic rings. The van der Waals surface area contributed by atoms with E-state index in [-0.39, 0.29) is 0 Å². The Balaban J connectivity index is 1.81. The maximum absolute atomic E-state index is 12.8. The number of hydrogen-bond donors (Lipinski definition) is 1. The van der Waals surface area contributed by atoms with E-state index in [0.717, 1.165) is 27.5 Å². The number of hydrogen-bond acceptors (Lipinski definition) is 5. The topological polar surface area (TPSA) is 61.9 Å². The molecule has 0 spiro atoms. The van der Waals surface area contributed by atoms with Crippen LogP contribution in [0.2, 0.25) is 0 Å². The van der Waals surface area contributed by atoms with Gasteiger partial charge in [-0.15, -0.1) is 11.8 Å². The molecule has 26 heavy (non-hydrogen) atoms. The molecule has 0 saturated heterocycles. The zero-order valence-corrected chi connectivity index (χ0v) is 17.2. The van der Waals surface area contributed by atoms with Crippen LogP contribution in [0.5, 0.6) is 0 Å². The molecule has 3 rings (SSSR count). The molecule has 2 heterocycles. The Morgan fingerprint density at radius 3 is 2.65 bits per heavy atom. The number of aromatic nitrogens is 3. The number of benzene rings is 1. The fourth-order valence-electron chi connectivity index (χ4n) is 2.57. The quantitative estimate of drug-likeness (QED) is 0.618. The van der Waals surface area contributed by atoms with Crippen LogP contribution in [0.1, 0.15) is 19.4 Å². The number of nitrogens with one attached hydrogen (secondary N) is 1. The molecule has 5 nitrogen and oxygen atoms in total. The van der Waals surface area contributed by atoms with Crippen molar-refractivity contribution in [1.82, 2.24) is 15.0 Å². The van der Waals surface area contributed by atoms with E-state index in [9.17, 15) is 4.21 Å². The lowest BCUT2D eigenvalue weighted by Gasteiger charge is -2.16. The summed E-state index contributed by atoms with van der Waals surface area (Å²) in [5, 5.41) is 1.43. The van der Waals surface area contributed by atoms with E-state index in [1.807, 2.05) is 55.4 Å². The highest BCUT2D eigenvalue weighted by atomic mass is 32.2. The second-order valence-electron chi connectivity index (χ2n) is 6.78. The highest BCUT2D eigenvalue weighted by Gasteiger charge is 2.14. The van der Waals surface area contributed by atoms with Crippen LogP contribution >= 0.6 is 11.8 Å². The Morgan fingerprint density at radius 2 is 1.92 bits per heavy atom. The van der Waals surface area contributed by atoms with Crippen molar-refractivity contribution >= 4 is 39.4 Å². The number of fused-ring (bicyclic) bond motifs is 1. The maximum atomic E-state index is 12.8. The van der Waals surface area contributed by atoms with Gasteiger partial charge in [0, 0.05) is 25.5 Å². The van der Waals surface area contributed by atoms with E-state index in [1.54, 1.807) is 11.8 Å². The molecule has 7 heteroatoms. The molecule has 0 saturated carbocycles. The third-order valence-electron chi connectivity index (χ3n) is 3.84. The zero-order valence-electron chi connectivity index (χ0n) is 15.5. The number of H-pyrrole nitrogens is 1. The number of nitrogens with zero attached hydrogens (tertiary/aromatic N) is 3. The number of pyridine rings is 1. The van der Waals surface area contributed by atoms with Gasteiger partial charge in [-0.05, 0) is 29.7 Å². The molecule has 0 amide bonds. The standard InChI is InChI=1S/C19H24N4OS2/c1-13(2)11-25-17-10-9-15-18(21-17)22-19(20-15)26(24)12-14-7-5-6-8-16(14)23(3)4/h5-10,13H,11-12H2,1-4H3,(H,20,21,22). The summed E-state index contributed by atoms with van der Waals surface area (Å²) in [6.45, 7) is 4.37. The van der Waals surface area contributed by atoms with Gasteiger partial charge in [-0.1, -0.05) is 32.0 Å². The normalized spacial score (nSPS) is 12.7. The van der Waals surface area contributed by atoms with Crippen molar-refractivity contribution < 1.29 is 4.21 Å². The lowest BCUT2D eigenvalue weighted by atomic mass is 10.2. The van der Waals surface area contributed by atoms with Crippen LogP contribution in [0.25, 0.3) is 11.2 Å². The molecular formula is C19H24N4OS2. The molecule has 1 unspecified atom stereocenters. The highest BCUT2D eigenvalue weighted by Crippen LogP contribution is 2.24. The van der Waals surface area contributed by atoms with Crippen molar-refractivity contribution in [3.63, 3.8) is 0 Å². The second-order valence-corrected chi connectivity index (χ2v) is 9.19. The van der Waals surface area contributed by atoms with Crippen LogP contribution < -0.4 is 4.90 Å². The Kier molecular flexibility index (Phi) is 5.98. The van der Waals surface area contributed by atoms with Gasteiger partial charge in [0.15, 0.2) is 10.8 Å². The maximum Gasteiger partial charge on any atom is 0.199 e. The minimum Gasteiger partial charge on any atom is -0.377 e. The lowest BCUT2D eigenvalue weighted by Crippen LogP contribution is -2.12. The fraction of sp³-hybridized carbons (Fsp3) is 0.368. The van der Waals surface area contributed by atoms with Crippen molar-refractivity contribution in [2.24, 2.45) is 5.92 Å². The summed E-state index contributed by atoms with van der Waals surface area (Å²) in [4.78, 5) is 14.3. The largest absolute Gasteiger partial charge is 0.377 e. The van der Waals surface area contributed by atoms with Gasteiger partial charge < -0.3 is 9.88 Å². The Bertz CT molecular complexity index is 921. The molecule has 0 fully saturated rings. The summed E-state index contributed by atoms with van der Waals surface area (Å²) < 4.78 is 12.8. The average molecular weight is 389 g/mol. The van der Waals surface area contributed by atoms with Crippen LogP contribution in [-0.4, -0.2) is 39.0 Å². The van der Waals surface area contributed by atoms with Crippen molar-refractivity contribution in [3.05, 3.63) is 42.0 Å². The predicted octanol–water partition coefficient (Wildman–Crippen LogP) is 4.08. The number of anilines is 1. The summed E-state index contributed by atoms with van der Waals surface area (Å²) in [6.07, 6.45) is 0. The van der Waals surface area contributed by atoms with E-state index in [1.165, 1.54) is 0 Å². The summed E-state index contributed by atoms with van der Waals surface area (Å²) in [5.74, 6) is 2.04. The molecule has 1 N–H and O–H groups in total. The summed E-state index contributed by atoms with van der Waals surface area (Å²) in [7, 11) is 2.73. The van der Waals surface area contributed by atoms with E-state index in [0.29, 0.717) is 22.5 Å². The van der Waals surface area contributed by atoms with Crippen molar-refractivity contribution in [2.45, 2.75) is 29.8 Å². The monoisotopic (exact) mass is 388 g/mol. The Morgan fingerprint density at radius 1 is 1.15 bits per heavy atom. The average Bonchev–Trinajstić information content (AvgIpc) is 3.03. The minimum absolute atomic E-state index is 0.420. The molecule has 138 valence electrons. The van der Waals surface area contributed by atoms with Crippen LogP contribution in [0.15, 0.2) is 46.6 Å². The van der Waals surface area contributed by atoms with Crippen LogP contribution in [0.4, 0.5) is 5.69 Å². The van der Waals surface area contributed by atoms with E-state index in [4.69, 9.17) is 0 Å². The van der Waals surface area contributed by atoms with E-state index < -0.39 is 10.8 Å². The number of imidazole rings is 1. The molecule has 0 bridgehead atoms. The summed E-state index contributed by atoms with van der Waals surface area (Å²) in [5.41, 5.74) is 3.56. The molecule has 0 aliphatic heterocycles. The smallest absolute Gasteiger partial charge is 0.199 e. The molecular weight excluding hydrogens is 364 g/mol. The van der Waals surface area contributed by atoms with Crippen LogP contribution in [-0.2, 0) is 16.6 Å². The van der Waals surface area contributed by atoms with E-state index >= 15 is 0 Å². The van der Waals surface area contributed by atoms with Gasteiger partial charge in [0.1, 0.15) is 0 Å². The van der Waals surface area contributed by atoms with Crippen molar-refractivity contribution in [2.75, 3.05) is 24.7 Å². The molecule has 3 aromatic rings. The Hall–Kier alpha value is -1.86. The van der Waals surface area contributed by atoms with Gasteiger partial charge in [0.25, 0.3) is 0 Å². The molecule has 1 atom stereocenters. The first-order valence-electron chi connectivity index (χ1n) is 8.57. The molecule has 2 aromatic heterocycles. The molecule has 1 aromatic carbocycles. The number of aromatic amines is 1. The number of rotatable bonds is 7. The van der Waals surface area contributed by atoms with Gasteiger partial charge >= 0.3 is 0 Å². The predicted molar refractivity (Wildman–Crippen MR) is 110 cm³/mol.